The van der Waals surface area contributed by atoms with Gasteiger partial charge in [-0.2, -0.15) is 5.26 Å². The normalized spacial score (nSPS) is 16.7. The Hall–Kier alpha value is -3.32. The summed E-state index contributed by atoms with van der Waals surface area (Å²) >= 11 is 0. The molecule has 28 heavy (non-hydrogen) atoms. The van der Waals surface area contributed by atoms with Crippen LogP contribution in [-0.2, 0) is 11.3 Å². The van der Waals surface area contributed by atoms with Crippen LogP contribution < -0.4 is 0 Å². The van der Waals surface area contributed by atoms with E-state index in [4.69, 9.17) is 5.26 Å². The molecule has 1 aromatic heterocycles. The summed E-state index contributed by atoms with van der Waals surface area (Å²) in [5, 5.41) is 9.98. The third-order valence-corrected chi connectivity index (χ3v) is 5.46. The summed E-state index contributed by atoms with van der Waals surface area (Å²) in [5.74, 6) is 0.485. The van der Waals surface area contributed by atoms with E-state index in [1.807, 2.05) is 35.4 Å². The summed E-state index contributed by atoms with van der Waals surface area (Å²) in [5.41, 5.74) is 3.42. The number of rotatable bonds is 5. The summed E-state index contributed by atoms with van der Waals surface area (Å²) in [6.45, 7) is 2.23. The Labute approximate surface area is 165 Å². The van der Waals surface area contributed by atoms with Crippen LogP contribution in [0.3, 0.4) is 0 Å². The Morgan fingerprint density at radius 3 is 2.75 bits per heavy atom. The molecule has 140 valence electrons. The molecule has 1 fully saturated rings. The van der Waals surface area contributed by atoms with Gasteiger partial charge in [-0.3, -0.25) is 4.79 Å². The first-order valence-electron chi connectivity index (χ1n) is 9.73. The zero-order valence-corrected chi connectivity index (χ0v) is 15.8. The van der Waals surface area contributed by atoms with E-state index in [0.29, 0.717) is 18.9 Å². The number of para-hydroxylation sites is 1. The second-order valence-electron chi connectivity index (χ2n) is 7.22. The first-order chi connectivity index (χ1) is 13.8. The van der Waals surface area contributed by atoms with Gasteiger partial charge >= 0.3 is 0 Å². The lowest BCUT2D eigenvalue weighted by Crippen LogP contribution is -2.26. The van der Waals surface area contributed by atoms with Crippen LogP contribution >= 0.6 is 0 Å². The summed E-state index contributed by atoms with van der Waals surface area (Å²) in [7, 11) is 0. The van der Waals surface area contributed by atoms with E-state index in [9.17, 15) is 4.79 Å². The predicted molar refractivity (Wildman–Crippen MR) is 112 cm³/mol. The monoisotopic (exact) mass is 369 g/mol. The van der Waals surface area contributed by atoms with E-state index >= 15 is 0 Å². The molecular formula is C24H23N3O. The molecule has 1 aliphatic rings. The second-order valence-corrected chi connectivity index (χ2v) is 7.22. The number of aryl methyl sites for hydroxylation is 1. The van der Waals surface area contributed by atoms with Crippen LogP contribution in [0.1, 0.15) is 29.9 Å². The van der Waals surface area contributed by atoms with Gasteiger partial charge < -0.3 is 9.47 Å². The third kappa shape index (κ3) is 3.70. The maximum absolute atomic E-state index is 12.7. The van der Waals surface area contributed by atoms with E-state index in [1.165, 1.54) is 5.56 Å². The minimum absolute atomic E-state index is 0.0623. The van der Waals surface area contributed by atoms with E-state index in [-0.39, 0.29) is 5.91 Å². The molecule has 0 saturated carbocycles. The maximum Gasteiger partial charge on any atom is 0.246 e. The molecule has 1 aliphatic heterocycles. The number of nitrogens with zero attached hydrogens (tertiary/aromatic N) is 3. The minimum Gasteiger partial charge on any atom is -0.346 e. The molecule has 1 amide bonds. The lowest BCUT2D eigenvalue weighted by Gasteiger charge is -2.14. The van der Waals surface area contributed by atoms with Crippen LogP contribution in [0.25, 0.3) is 17.0 Å². The smallest absolute Gasteiger partial charge is 0.246 e. The molecular weight excluding hydrogens is 346 g/mol. The molecule has 0 N–H and O–H groups in total. The van der Waals surface area contributed by atoms with Crippen molar-refractivity contribution in [3.8, 4) is 6.07 Å². The van der Waals surface area contributed by atoms with Crippen molar-refractivity contribution >= 4 is 22.9 Å². The SMILES string of the molecule is N#CCCn1cc(C=CC(=O)N2CCC(c3ccccc3)C2)c2ccccc21. The first kappa shape index (κ1) is 18.1. The molecule has 1 unspecified atom stereocenters. The molecule has 0 aliphatic carbocycles. The standard InChI is InChI=1S/C24H23N3O/c25-14-6-15-26-18-21(22-9-4-5-10-23(22)26)11-12-24(28)27-16-13-20(17-27)19-7-2-1-3-8-19/h1-5,7-12,18,20H,6,13,15-17H2. The van der Waals surface area contributed by atoms with Gasteiger partial charge in [0.25, 0.3) is 0 Å². The van der Waals surface area contributed by atoms with E-state index in [1.54, 1.807) is 6.08 Å². The molecule has 1 atom stereocenters. The second kappa shape index (κ2) is 8.14. The Balaban J connectivity index is 1.49. The van der Waals surface area contributed by atoms with E-state index < -0.39 is 0 Å². The number of nitriles is 1. The zero-order valence-electron chi connectivity index (χ0n) is 15.8. The Morgan fingerprint density at radius 2 is 1.93 bits per heavy atom. The Bertz CT molecular complexity index is 1040. The van der Waals surface area contributed by atoms with Gasteiger partial charge in [0.15, 0.2) is 0 Å². The number of hydrogen-bond acceptors (Lipinski definition) is 2. The summed E-state index contributed by atoms with van der Waals surface area (Å²) < 4.78 is 2.09. The Kier molecular flexibility index (Phi) is 5.25. The number of carbonyl (C=O) groups excluding carboxylic acids is 1. The molecule has 2 aromatic carbocycles. The number of aromatic nitrogens is 1. The highest BCUT2D eigenvalue weighted by atomic mass is 16.2. The van der Waals surface area contributed by atoms with Crippen LogP contribution in [0.15, 0.2) is 66.9 Å². The zero-order chi connectivity index (χ0) is 19.3. The van der Waals surface area contributed by atoms with Gasteiger partial charge in [-0.25, -0.2) is 0 Å². The largest absolute Gasteiger partial charge is 0.346 e. The first-order valence-corrected chi connectivity index (χ1v) is 9.73. The van der Waals surface area contributed by atoms with Crippen molar-refractivity contribution in [2.45, 2.75) is 25.3 Å². The minimum atomic E-state index is 0.0623. The van der Waals surface area contributed by atoms with Crippen molar-refractivity contribution in [2.24, 2.45) is 0 Å². The number of fused-ring (bicyclic) bond motifs is 1. The van der Waals surface area contributed by atoms with E-state index in [2.05, 4.69) is 47.0 Å². The molecule has 4 rings (SSSR count). The highest BCUT2D eigenvalue weighted by molar-refractivity contribution is 5.96. The number of benzene rings is 2. The van der Waals surface area contributed by atoms with Gasteiger partial charge in [0.05, 0.1) is 12.5 Å². The van der Waals surface area contributed by atoms with Crippen molar-refractivity contribution in [2.75, 3.05) is 13.1 Å². The van der Waals surface area contributed by atoms with Crippen LogP contribution in [-0.4, -0.2) is 28.5 Å². The summed E-state index contributed by atoms with van der Waals surface area (Å²) in [6.07, 6.45) is 7.10. The quantitative estimate of drug-likeness (QED) is 0.618. The van der Waals surface area contributed by atoms with Crippen LogP contribution in [0.2, 0.25) is 0 Å². The lowest BCUT2D eigenvalue weighted by atomic mass is 9.99. The average molecular weight is 369 g/mol. The molecule has 0 bridgehead atoms. The third-order valence-electron chi connectivity index (χ3n) is 5.46. The van der Waals surface area contributed by atoms with Crippen molar-refractivity contribution in [1.29, 1.82) is 5.26 Å². The fourth-order valence-corrected chi connectivity index (χ4v) is 3.99. The van der Waals surface area contributed by atoms with Crippen LogP contribution in [0.4, 0.5) is 0 Å². The van der Waals surface area contributed by atoms with Crippen molar-refractivity contribution in [3.63, 3.8) is 0 Å². The van der Waals surface area contributed by atoms with Gasteiger partial charge in [-0.1, -0.05) is 48.5 Å². The summed E-state index contributed by atoms with van der Waals surface area (Å²) in [6, 6.07) is 20.7. The van der Waals surface area contributed by atoms with Crippen LogP contribution in [0.5, 0.6) is 0 Å². The van der Waals surface area contributed by atoms with Gasteiger partial charge in [0.2, 0.25) is 5.91 Å². The number of carbonyl (C=O) groups is 1. The molecule has 0 radical (unpaired) electrons. The molecule has 1 saturated heterocycles. The van der Waals surface area contributed by atoms with Crippen LogP contribution in [0, 0.1) is 11.3 Å². The number of likely N-dealkylation sites (tertiary alicyclic amines) is 1. The lowest BCUT2D eigenvalue weighted by molar-refractivity contribution is -0.124. The predicted octanol–water partition coefficient (Wildman–Crippen LogP) is 4.58. The molecule has 4 nitrogen and oxygen atoms in total. The topological polar surface area (TPSA) is 49.0 Å². The van der Waals surface area contributed by atoms with Crippen molar-refractivity contribution < 1.29 is 4.79 Å². The molecule has 4 heteroatoms. The van der Waals surface area contributed by atoms with Gasteiger partial charge in [0, 0.05) is 54.3 Å². The molecule has 2 heterocycles. The maximum atomic E-state index is 12.7. The fourth-order valence-electron chi connectivity index (χ4n) is 3.99. The molecule has 0 spiro atoms. The van der Waals surface area contributed by atoms with Crippen molar-refractivity contribution in [1.82, 2.24) is 9.47 Å². The number of hydrogen-bond donors (Lipinski definition) is 0. The fraction of sp³-hybridized carbons (Fsp3) is 0.250. The summed E-state index contributed by atoms with van der Waals surface area (Å²) in [4.78, 5) is 14.6. The van der Waals surface area contributed by atoms with Crippen molar-refractivity contribution in [3.05, 3.63) is 78.0 Å². The van der Waals surface area contributed by atoms with Gasteiger partial charge in [-0.15, -0.1) is 0 Å². The highest BCUT2D eigenvalue weighted by Crippen LogP contribution is 2.27. The highest BCUT2D eigenvalue weighted by Gasteiger charge is 2.25. The van der Waals surface area contributed by atoms with Gasteiger partial charge in [-0.05, 0) is 24.1 Å². The van der Waals surface area contributed by atoms with Gasteiger partial charge in [0.1, 0.15) is 0 Å². The number of amides is 1. The molecule has 3 aromatic rings. The average Bonchev–Trinajstić information content (AvgIpc) is 3.37. The Morgan fingerprint density at radius 1 is 1.14 bits per heavy atom. The van der Waals surface area contributed by atoms with E-state index in [0.717, 1.165) is 36.0 Å².